The predicted molar refractivity (Wildman–Crippen MR) is 130 cm³/mol. The van der Waals surface area contributed by atoms with Crippen LogP contribution in [0.3, 0.4) is 0 Å². The number of anilines is 2. The molecule has 8 nitrogen and oxygen atoms in total. The Morgan fingerprint density at radius 2 is 1.58 bits per heavy atom. The summed E-state index contributed by atoms with van der Waals surface area (Å²) in [4.78, 5) is 12.9. The van der Waals surface area contributed by atoms with Crippen LogP contribution in [-0.2, 0) is 24.8 Å². The zero-order valence-corrected chi connectivity index (χ0v) is 20.8. The molecule has 3 rings (SSSR count). The molecule has 1 heterocycles. The van der Waals surface area contributed by atoms with E-state index in [2.05, 4.69) is 5.32 Å². The number of carbonyl (C=O) groups excluding carboxylic acids is 1. The molecule has 0 bridgehead atoms. The first-order chi connectivity index (χ1) is 15.5. The molecule has 1 aliphatic rings. The van der Waals surface area contributed by atoms with Crippen molar-refractivity contribution >= 4 is 37.3 Å². The van der Waals surface area contributed by atoms with E-state index in [-0.39, 0.29) is 10.8 Å². The Hall–Kier alpha value is -2.43. The number of rotatable bonds is 8. The lowest BCUT2D eigenvalue weighted by molar-refractivity contribution is -0.114. The molecule has 33 heavy (non-hydrogen) atoms. The molecule has 0 radical (unpaired) electrons. The zero-order valence-electron chi connectivity index (χ0n) is 19.2. The van der Waals surface area contributed by atoms with E-state index in [9.17, 15) is 21.6 Å². The lowest BCUT2D eigenvalue weighted by atomic mass is 10.0. The van der Waals surface area contributed by atoms with Crippen LogP contribution in [0.15, 0.2) is 53.4 Å². The molecule has 1 N–H and O–H groups in total. The summed E-state index contributed by atoms with van der Waals surface area (Å²) in [6.07, 6.45) is 3.80. The van der Waals surface area contributed by atoms with Gasteiger partial charge in [0.05, 0.1) is 16.8 Å². The van der Waals surface area contributed by atoms with Gasteiger partial charge in [0.2, 0.25) is 26.0 Å². The lowest BCUT2D eigenvalue weighted by Crippen LogP contribution is -2.38. The Morgan fingerprint density at radius 3 is 2.15 bits per heavy atom. The highest BCUT2D eigenvalue weighted by molar-refractivity contribution is 7.92. The summed E-state index contributed by atoms with van der Waals surface area (Å²) in [5, 5.41) is 2.67. The van der Waals surface area contributed by atoms with E-state index in [1.807, 2.05) is 26.0 Å². The molecule has 1 saturated heterocycles. The summed E-state index contributed by atoms with van der Waals surface area (Å²) >= 11 is 0. The van der Waals surface area contributed by atoms with Gasteiger partial charge in [0, 0.05) is 18.8 Å². The molecule has 0 aromatic heterocycles. The third-order valence-electron chi connectivity index (χ3n) is 5.61. The van der Waals surface area contributed by atoms with Crippen molar-refractivity contribution < 1.29 is 21.6 Å². The zero-order chi connectivity index (χ0) is 24.2. The summed E-state index contributed by atoms with van der Waals surface area (Å²) < 4.78 is 53.1. The van der Waals surface area contributed by atoms with Gasteiger partial charge in [0.15, 0.2) is 0 Å². The normalized spacial score (nSPS) is 15.4. The van der Waals surface area contributed by atoms with Crippen molar-refractivity contribution in [2.45, 2.75) is 43.9 Å². The maximum absolute atomic E-state index is 12.8. The molecular weight excluding hydrogens is 462 g/mol. The van der Waals surface area contributed by atoms with E-state index in [1.165, 1.54) is 28.6 Å². The van der Waals surface area contributed by atoms with Crippen LogP contribution in [0.25, 0.3) is 0 Å². The van der Waals surface area contributed by atoms with E-state index in [0.717, 1.165) is 35.4 Å². The Labute approximate surface area is 196 Å². The monoisotopic (exact) mass is 493 g/mol. The van der Waals surface area contributed by atoms with Crippen LogP contribution >= 0.6 is 0 Å². The highest BCUT2D eigenvalue weighted by atomic mass is 32.2. The fourth-order valence-electron chi connectivity index (χ4n) is 3.88. The lowest BCUT2D eigenvalue weighted by Gasteiger charge is -2.26. The van der Waals surface area contributed by atoms with Crippen LogP contribution < -0.4 is 9.62 Å². The average molecular weight is 494 g/mol. The van der Waals surface area contributed by atoms with E-state index in [4.69, 9.17) is 0 Å². The maximum Gasteiger partial charge on any atom is 0.245 e. The highest BCUT2D eigenvalue weighted by Gasteiger charge is 2.26. The average Bonchev–Trinajstić information content (AvgIpc) is 2.77. The topological polar surface area (TPSA) is 104 Å². The molecule has 1 aliphatic heterocycles. The van der Waals surface area contributed by atoms with Gasteiger partial charge in [-0.1, -0.05) is 38.5 Å². The standard InChI is InChI=1S/C23H31N3O5S2/c1-18(2)21-9-5-6-10-22(21)26(32(3,28)29)17-23(27)24-19-11-13-20(14-12-19)33(30,31)25-15-7-4-8-16-25/h5-6,9-14,18H,4,7-8,15-17H2,1-3H3,(H,24,27). The quantitative estimate of drug-likeness (QED) is 0.607. The van der Waals surface area contributed by atoms with Crippen molar-refractivity contribution in [3.63, 3.8) is 0 Å². The molecule has 10 heteroatoms. The number of amides is 1. The van der Waals surface area contributed by atoms with Gasteiger partial charge in [-0.2, -0.15) is 4.31 Å². The minimum atomic E-state index is -3.71. The number of para-hydroxylation sites is 1. The minimum Gasteiger partial charge on any atom is -0.325 e. The molecule has 180 valence electrons. The van der Waals surface area contributed by atoms with E-state index < -0.39 is 32.5 Å². The van der Waals surface area contributed by atoms with E-state index in [0.29, 0.717) is 24.5 Å². The molecule has 2 aromatic rings. The maximum atomic E-state index is 12.8. The van der Waals surface area contributed by atoms with E-state index in [1.54, 1.807) is 12.1 Å². The van der Waals surface area contributed by atoms with Gasteiger partial charge >= 0.3 is 0 Å². The van der Waals surface area contributed by atoms with Crippen molar-refractivity contribution in [2.75, 3.05) is 35.5 Å². The largest absolute Gasteiger partial charge is 0.325 e. The van der Waals surface area contributed by atoms with E-state index >= 15 is 0 Å². The first-order valence-corrected chi connectivity index (χ1v) is 14.3. The summed E-state index contributed by atoms with van der Waals surface area (Å²) in [5.74, 6) is -0.450. The number of sulfonamides is 2. The SMILES string of the molecule is CC(C)c1ccccc1N(CC(=O)Nc1ccc(S(=O)(=O)N2CCCCC2)cc1)S(C)(=O)=O. The fraction of sp³-hybridized carbons (Fsp3) is 0.435. The second-order valence-corrected chi connectivity index (χ2v) is 12.4. The van der Waals surface area contributed by atoms with Crippen LogP contribution in [0.2, 0.25) is 0 Å². The van der Waals surface area contributed by atoms with Crippen LogP contribution in [0.1, 0.15) is 44.6 Å². The minimum absolute atomic E-state index is 0.0721. The van der Waals surface area contributed by atoms with Crippen molar-refractivity contribution in [3.8, 4) is 0 Å². The van der Waals surface area contributed by atoms with Crippen LogP contribution in [0.5, 0.6) is 0 Å². The Bertz CT molecular complexity index is 1190. The number of hydrogen-bond donors (Lipinski definition) is 1. The summed E-state index contributed by atoms with van der Waals surface area (Å²) in [6.45, 7) is 4.55. The predicted octanol–water partition coefficient (Wildman–Crippen LogP) is 3.39. The summed E-state index contributed by atoms with van der Waals surface area (Å²) in [7, 11) is -7.27. The van der Waals surface area contributed by atoms with Gasteiger partial charge in [0.25, 0.3) is 0 Å². The number of benzene rings is 2. The Morgan fingerprint density at radius 1 is 0.970 bits per heavy atom. The first-order valence-electron chi connectivity index (χ1n) is 11.0. The van der Waals surface area contributed by atoms with Crippen molar-refractivity contribution in [1.29, 1.82) is 0 Å². The Kier molecular flexibility index (Phi) is 7.81. The van der Waals surface area contributed by atoms with Crippen molar-refractivity contribution in [1.82, 2.24) is 4.31 Å². The second-order valence-electron chi connectivity index (χ2n) is 8.52. The molecule has 0 spiro atoms. The third-order valence-corrected chi connectivity index (χ3v) is 8.65. The van der Waals surface area contributed by atoms with Crippen LogP contribution in [0, 0.1) is 0 Å². The number of piperidine rings is 1. The molecule has 1 amide bonds. The number of nitrogens with zero attached hydrogens (tertiary/aromatic N) is 2. The van der Waals surface area contributed by atoms with Crippen molar-refractivity contribution in [2.24, 2.45) is 0 Å². The smallest absolute Gasteiger partial charge is 0.245 e. The first kappa shape index (κ1) is 25.2. The molecular formula is C23H31N3O5S2. The van der Waals surface area contributed by atoms with Crippen molar-refractivity contribution in [3.05, 3.63) is 54.1 Å². The summed E-state index contributed by atoms with van der Waals surface area (Å²) in [6, 6.07) is 13.0. The molecule has 0 unspecified atom stereocenters. The van der Waals surface area contributed by atoms with Gasteiger partial charge < -0.3 is 5.32 Å². The highest BCUT2D eigenvalue weighted by Crippen LogP contribution is 2.29. The number of carbonyl (C=O) groups is 1. The van der Waals surface area contributed by atoms with Crippen LogP contribution in [0.4, 0.5) is 11.4 Å². The van der Waals surface area contributed by atoms with Gasteiger partial charge in [-0.25, -0.2) is 16.8 Å². The Balaban J connectivity index is 1.75. The van der Waals surface area contributed by atoms with Gasteiger partial charge in [0.1, 0.15) is 6.54 Å². The molecule has 2 aromatic carbocycles. The van der Waals surface area contributed by atoms with Crippen LogP contribution in [-0.4, -0.2) is 52.9 Å². The van der Waals surface area contributed by atoms with Gasteiger partial charge in [-0.05, 0) is 54.7 Å². The molecule has 0 aliphatic carbocycles. The second kappa shape index (κ2) is 10.2. The van der Waals surface area contributed by atoms with Gasteiger partial charge in [-0.3, -0.25) is 9.10 Å². The number of nitrogens with one attached hydrogen (secondary N) is 1. The molecule has 0 saturated carbocycles. The fourth-order valence-corrected chi connectivity index (χ4v) is 6.27. The number of hydrogen-bond acceptors (Lipinski definition) is 5. The summed E-state index contributed by atoms with van der Waals surface area (Å²) in [5.41, 5.74) is 1.68. The third kappa shape index (κ3) is 6.13. The molecule has 0 atom stereocenters. The molecule has 1 fully saturated rings. The van der Waals surface area contributed by atoms with Gasteiger partial charge in [-0.15, -0.1) is 0 Å².